The second-order valence-electron chi connectivity index (χ2n) is 4.16. The Morgan fingerprint density at radius 2 is 2.14 bits per heavy atom. The molecule has 1 aliphatic rings. The molecule has 0 bridgehead atoms. The molecule has 1 fully saturated rings. The largest absolute Gasteiger partial charge is 0.314 e. The van der Waals surface area contributed by atoms with E-state index in [1.165, 1.54) is 5.56 Å². The van der Waals surface area contributed by atoms with Gasteiger partial charge in [-0.25, -0.2) is 0 Å². The molecule has 2 atom stereocenters. The summed E-state index contributed by atoms with van der Waals surface area (Å²) in [5.74, 6) is 0. The number of rotatable bonds is 2. The third kappa shape index (κ3) is 2.16. The normalized spacial score (nSPS) is 29.3. The number of nitrogens with zero attached hydrogens (tertiary/aromatic N) is 1. The van der Waals surface area contributed by atoms with E-state index in [2.05, 4.69) is 40.9 Å². The topological polar surface area (TPSA) is 15.3 Å². The van der Waals surface area contributed by atoms with Crippen LogP contribution in [0.4, 0.5) is 0 Å². The highest BCUT2D eigenvalue weighted by Crippen LogP contribution is 2.16. The molecular formula is C11H18N2S. The molecule has 1 N–H and O–H groups in total. The highest BCUT2D eigenvalue weighted by Gasteiger charge is 2.24. The molecule has 0 aromatic carbocycles. The summed E-state index contributed by atoms with van der Waals surface area (Å²) in [7, 11) is 0. The Kier molecular flexibility index (Phi) is 3.21. The molecule has 0 spiro atoms. The summed E-state index contributed by atoms with van der Waals surface area (Å²) in [6.45, 7) is 7.94. The number of thiophene rings is 1. The van der Waals surface area contributed by atoms with Gasteiger partial charge in [0.15, 0.2) is 0 Å². The molecule has 2 rings (SSSR count). The van der Waals surface area contributed by atoms with Crippen LogP contribution in [0.2, 0.25) is 0 Å². The zero-order valence-corrected chi connectivity index (χ0v) is 9.68. The summed E-state index contributed by atoms with van der Waals surface area (Å²) in [5.41, 5.74) is 1.45. The molecule has 3 heteroatoms. The van der Waals surface area contributed by atoms with Gasteiger partial charge in [0, 0.05) is 31.7 Å². The van der Waals surface area contributed by atoms with Crippen LogP contribution in [-0.2, 0) is 6.54 Å². The molecule has 0 aliphatic carbocycles. The van der Waals surface area contributed by atoms with Crippen LogP contribution in [0.15, 0.2) is 16.8 Å². The number of nitrogens with one attached hydrogen (secondary N) is 1. The first-order valence-electron chi connectivity index (χ1n) is 5.25. The highest BCUT2D eigenvalue weighted by atomic mass is 32.1. The average molecular weight is 210 g/mol. The maximum absolute atomic E-state index is 3.45. The van der Waals surface area contributed by atoms with Crippen molar-refractivity contribution in [2.24, 2.45) is 0 Å². The Hall–Kier alpha value is -0.380. The third-order valence-corrected chi connectivity index (χ3v) is 3.69. The molecule has 1 aromatic rings. The summed E-state index contributed by atoms with van der Waals surface area (Å²) >= 11 is 1.79. The van der Waals surface area contributed by atoms with E-state index in [1.807, 2.05) is 0 Å². The standard InChI is InChI=1S/C11H18N2S/c1-9-5-12-6-10(2)13(9)7-11-3-4-14-8-11/h3-4,8-10,12H,5-7H2,1-2H3/t9-,10+. The summed E-state index contributed by atoms with van der Waals surface area (Å²) in [4.78, 5) is 2.58. The van der Waals surface area contributed by atoms with Crippen LogP contribution >= 0.6 is 11.3 Å². The van der Waals surface area contributed by atoms with Gasteiger partial charge in [-0.1, -0.05) is 0 Å². The first kappa shape index (κ1) is 10.1. The molecule has 0 amide bonds. The van der Waals surface area contributed by atoms with Crippen LogP contribution in [0.3, 0.4) is 0 Å². The van der Waals surface area contributed by atoms with Crippen LogP contribution in [0.5, 0.6) is 0 Å². The SMILES string of the molecule is C[C@@H]1CNC[C@H](C)N1Cc1ccsc1. The van der Waals surface area contributed by atoms with Gasteiger partial charge < -0.3 is 5.32 Å². The van der Waals surface area contributed by atoms with Crippen molar-refractivity contribution in [3.63, 3.8) is 0 Å². The van der Waals surface area contributed by atoms with Crippen LogP contribution in [0.25, 0.3) is 0 Å². The summed E-state index contributed by atoms with van der Waals surface area (Å²) < 4.78 is 0. The first-order chi connectivity index (χ1) is 6.77. The van der Waals surface area contributed by atoms with Crippen molar-refractivity contribution in [1.29, 1.82) is 0 Å². The molecule has 2 nitrogen and oxygen atoms in total. The molecule has 0 unspecified atom stereocenters. The summed E-state index contributed by atoms with van der Waals surface area (Å²) in [6, 6.07) is 3.53. The monoisotopic (exact) mass is 210 g/mol. The predicted molar refractivity (Wildman–Crippen MR) is 61.7 cm³/mol. The van der Waals surface area contributed by atoms with Crippen LogP contribution in [0.1, 0.15) is 19.4 Å². The van der Waals surface area contributed by atoms with E-state index in [9.17, 15) is 0 Å². The van der Waals surface area contributed by atoms with E-state index < -0.39 is 0 Å². The molecule has 14 heavy (non-hydrogen) atoms. The van der Waals surface area contributed by atoms with Gasteiger partial charge in [-0.05, 0) is 36.2 Å². The van der Waals surface area contributed by atoms with Gasteiger partial charge in [-0.15, -0.1) is 0 Å². The van der Waals surface area contributed by atoms with E-state index in [4.69, 9.17) is 0 Å². The zero-order valence-electron chi connectivity index (χ0n) is 8.86. The third-order valence-electron chi connectivity index (χ3n) is 2.96. The maximum Gasteiger partial charge on any atom is 0.0248 e. The smallest absolute Gasteiger partial charge is 0.0248 e. The molecule has 2 heterocycles. The molecule has 0 saturated carbocycles. The van der Waals surface area contributed by atoms with Gasteiger partial charge in [-0.3, -0.25) is 4.90 Å². The fourth-order valence-corrected chi connectivity index (χ4v) is 2.73. The fourth-order valence-electron chi connectivity index (χ4n) is 2.08. The van der Waals surface area contributed by atoms with E-state index >= 15 is 0 Å². The van der Waals surface area contributed by atoms with E-state index in [0.29, 0.717) is 12.1 Å². The Labute approximate surface area is 89.9 Å². The quantitative estimate of drug-likeness (QED) is 0.802. The maximum atomic E-state index is 3.45. The zero-order chi connectivity index (χ0) is 9.97. The second kappa shape index (κ2) is 4.43. The van der Waals surface area contributed by atoms with Crippen molar-refractivity contribution >= 4 is 11.3 Å². The van der Waals surface area contributed by atoms with Crippen LogP contribution in [-0.4, -0.2) is 30.1 Å². The molecular weight excluding hydrogens is 192 g/mol. The molecule has 0 radical (unpaired) electrons. The van der Waals surface area contributed by atoms with Gasteiger partial charge in [0.25, 0.3) is 0 Å². The van der Waals surface area contributed by atoms with Crippen molar-refractivity contribution < 1.29 is 0 Å². The Morgan fingerprint density at radius 3 is 2.71 bits per heavy atom. The Morgan fingerprint density at radius 1 is 1.43 bits per heavy atom. The average Bonchev–Trinajstić information content (AvgIpc) is 2.64. The second-order valence-corrected chi connectivity index (χ2v) is 4.94. The van der Waals surface area contributed by atoms with E-state index in [1.54, 1.807) is 11.3 Å². The van der Waals surface area contributed by atoms with Gasteiger partial charge in [0.05, 0.1) is 0 Å². The lowest BCUT2D eigenvalue weighted by atomic mass is 10.1. The molecule has 1 aliphatic heterocycles. The van der Waals surface area contributed by atoms with E-state index in [-0.39, 0.29) is 0 Å². The predicted octanol–water partition coefficient (Wildman–Crippen LogP) is 1.93. The molecule has 1 aromatic heterocycles. The lowest BCUT2D eigenvalue weighted by Gasteiger charge is -2.39. The van der Waals surface area contributed by atoms with Crippen molar-refractivity contribution in [3.8, 4) is 0 Å². The van der Waals surface area contributed by atoms with Gasteiger partial charge in [0.1, 0.15) is 0 Å². The van der Waals surface area contributed by atoms with Crippen LogP contribution < -0.4 is 5.32 Å². The van der Waals surface area contributed by atoms with Crippen molar-refractivity contribution in [1.82, 2.24) is 10.2 Å². The van der Waals surface area contributed by atoms with Crippen molar-refractivity contribution in [3.05, 3.63) is 22.4 Å². The first-order valence-corrected chi connectivity index (χ1v) is 6.19. The Bertz CT molecular complexity index is 261. The summed E-state index contributed by atoms with van der Waals surface area (Å²) in [5, 5.41) is 7.87. The Balaban J connectivity index is 2.01. The number of hydrogen-bond donors (Lipinski definition) is 1. The fraction of sp³-hybridized carbons (Fsp3) is 0.636. The highest BCUT2D eigenvalue weighted by molar-refractivity contribution is 7.07. The minimum absolute atomic E-state index is 0.652. The molecule has 1 saturated heterocycles. The van der Waals surface area contributed by atoms with Gasteiger partial charge in [-0.2, -0.15) is 11.3 Å². The molecule has 78 valence electrons. The van der Waals surface area contributed by atoms with Crippen molar-refractivity contribution in [2.75, 3.05) is 13.1 Å². The minimum Gasteiger partial charge on any atom is -0.314 e. The van der Waals surface area contributed by atoms with E-state index in [0.717, 1.165) is 19.6 Å². The lowest BCUT2D eigenvalue weighted by molar-refractivity contribution is 0.109. The lowest BCUT2D eigenvalue weighted by Crippen LogP contribution is -2.54. The summed E-state index contributed by atoms with van der Waals surface area (Å²) in [6.07, 6.45) is 0. The van der Waals surface area contributed by atoms with Gasteiger partial charge in [0.2, 0.25) is 0 Å². The van der Waals surface area contributed by atoms with Crippen molar-refractivity contribution in [2.45, 2.75) is 32.5 Å². The number of hydrogen-bond acceptors (Lipinski definition) is 3. The van der Waals surface area contributed by atoms with Crippen LogP contribution in [0, 0.1) is 0 Å². The number of piperazine rings is 1. The van der Waals surface area contributed by atoms with Gasteiger partial charge >= 0.3 is 0 Å². The minimum atomic E-state index is 0.652.